The number of fused-ring (bicyclic) bond motifs is 1. The van der Waals surface area contributed by atoms with Crippen molar-refractivity contribution in [3.8, 4) is 17.2 Å². The van der Waals surface area contributed by atoms with Crippen LogP contribution < -0.4 is 14.4 Å². The van der Waals surface area contributed by atoms with Gasteiger partial charge in [0, 0.05) is 49.4 Å². The number of phenolic OH excluding ortho intramolecular Hbond substituents is 1. The maximum absolute atomic E-state index is 13.0. The highest BCUT2D eigenvalue weighted by molar-refractivity contribution is 7.10. The summed E-state index contributed by atoms with van der Waals surface area (Å²) in [6.07, 6.45) is 1.78. The second-order valence-corrected chi connectivity index (χ2v) is 9.29. The van der Waals surface area contributed by atoms with Crippen LogP contribution in [0, 0.1) is 6.92 Å². The topological polar surface area (TPSA) is 62.2 Å². The third kappa shape index (κ3) is 4.21. The molecule has 170 valence electrons. The number of carbonyl (C=O) groups is 1. The molecule has 6 nitrogen and oxygen atoms in total. The number of nitrogens with zero attached hydrogens (tertiary/aromatic N) is 2. The average Bonchev–Trinajstić information content (AvgIpc) is 3.45. The molecule has 0 amide bonds. The number of ether oxygens (including phenoxy) is 2. The fraction of sp³-hybridized carbons (Fsp3) is 0.269. The van der Waals surface area contributed by atoms with Crippen molar-refractivity contribution in [1.82, 2.24) is 4.90 Å². The summed E-state index contributed by atoms with van der Waals surface area (Å²) in [7, 11) is 1.67. The summed E-state index contributed by atoms with van der Waals surface area (Å²) in [6, 6.07) is 13.7. The number of benzene rings is 2. The maximum atomic E-state index is 13.0. The minimum Gasteiger partial charge on any atom is -0.507 e. The molecule has 3 aromatic rings. The Morgan fingerprint density at radius 1 is 1.15 bits per heavy atom. The van der Waals surface area contributed by atoms with Gasteiger partial charge in [0.25, 0.3) is 0 Å². The number of thiophene rings is 1. The lowest BCUT2D eigenvalue weighted by Gasteiger charge is -2.36. The van der Waals surface area contributed by atoms with E-state index in [2.05, 4.69) is 21.9 Å². The van der Waals surface area contributed by atoms with Crippen LogP contribution in [0.15, 0.2) is 53.6 Å². The number of allylic oxidation sites excluding steroid dienone is 1. The molecule has 1 N–H and O–H groups in total. The van der Waals surface area contributed by atoms with Crippen LogP contribution in [0.1, 0.15) is 26.4 Å². The molecule has 0 aliphatic carbocycles. The van der Waals surface area contributed by atoms with Crippen molar-refractivity contribution in [1.29, 1.82) is 0 Å². The monoisotopic (exact) mass is 462 g/mol. The minimum absolute atomic E-state index is 0.124. The van der Waals surface area contributed by atoms with Gasteiger partial charge in [-0.2, -0.15) is 0 Å². The van der Waals surface area contributed by atoms with Crippen LogP contribution in [0.2, 0.25) is 0 Å². The molecule has 1 fully saturated rings. The molecule has 5 rings (SSSR count). The van der Waals surface area contributed by atoms with E-state index in [0.29, 0.717) is 29.2 Å². The lowest BCUT2D eigenvalue weighted by atomic mass is 9.99. The van der Waals surface area contributed by atoms with Crippen LogP contribution in [0.25, 0.3) is 6.08 Å². The van der Waals surface area contributed by atoms with Crippen LogP contribution >= 0.6 is 11.3 Å². The predicted octanol–water partition coefficient (Wildman–Crippen LogP) is 4.71. The SMILES string of the molecule is COc1ccc(N2CCN(Cc3c(O)cc(C)c4c3O/C(=C\c3cccs3)C4=O)CC2)cc1. The highest BCUT2D eigenvalue weighted by Crippen LogP contribution is 2.42. The van der Waals surface area contributed by atoms with Gasteiger partial charge in [0.2, 0.25) is 5.78 Å². The Balaban J connectivity index is 1.33. The minimum atomic E-state index is -0.124. The van der Waals surface area contributed by atoms with Gasteiger partial charge < -0.3 is 19.5 Å². The van der Waals surface area contributed by atoms with E-state index < -0.39 is 0 Å². The molecule has 3 heterocycles. The molecule has 0 bridgehead atoms. The van der Waals surface area contributed by atoms with Gasteiger partial charge in [0.1, 0.15) is 17.2 Å². The van der Waals surface area contributed by atoms with Crippen molar-refractivity contribution in [3.05, 3.63) is 75.2 Å². The van der Waals surface area contributed by atoms with Crippen LogP contribution in [-0.2, 0) is 6.54 Å². The molecule has 2 aliphatic heterocycles. The van der Waals surface area contributed by atoms with Gasteiger partial charge in [-0.25, -0.2) is 0 Å². The Hall–Kier alpha value is -3.29. The van der Waals surface area contributed by atoms with Crippen molar-refractivity contribution in [2.24, 2.45) is 0 Å². The number of carbonyl (C=O) groups excluding carboxylic acids is 1. The molecule has 0 saturated carbocycles. The molecule has 1 saturated heterocycles. The molecular formula is C26H26N2O4S. The largest absolute Gasteiger partial charge is 0.507 e. The van der Waals surface area contributed by atoms with Crippen molar-refractivity contribution in [2.75, 3.05) is 38.2 Å². The van der Waals surface area contributed by atoms with E-state index in [9.17, 15) is 9.90 Å². The Kier molecular flexibility index (Phi) is 5.83. The van der Waals surface area contributed by atoms with Gasteiger partial charge in [-0.1, -0.05) is 6.07 Å². The summed E-state index contributed by atoms with van der Waals surface area (Å²) in [5.41, 5.74) is 3.14. The second kappa shape index (κ2) is 8.92. The van der Waals surface area contributed by atoms with Crippen molar-refractivity contribution >= 4 is 28.9 Å². The van der Waals surface area contributed by atoms with Crippen molar-refractivity contribution in [2.45, 2.75) is 13.5 Å². The lowest BCUT2D eigenvalue weighted by molar-refractivity contribution is 0.101. The Bertz CT molecular complexity index is 1190. The summed E-state index contributed by atoms with van der Waals surface area (Å²) in [5.74, 6) is 1.71. The zero-order valence-electron chi connectivity index (χ0n) is 18.7. The molecule has 0 unspecified atom stereocenters. The van der Waals surface area contributed by atoms with E-state index in [1.54, 1.807) is 30.6 Å². The molecule has 1 aromatic heterocycles. The van der Waals surface area contributed by atoms with E-state index in [0.717, 1.165) is 42.4 Å². The second-order valence-electron chi connectivity index (χ2n) is 8.31. The van der Waals surface area contributed by atoms with Gasteiger partial charge in [-0.05, 0) is 54.3 Å². The number of phenols is 1. The first-order valence-corrected chi connectivity index (χ1v) is 11.9. The number of rotatable bonds is 5. The van der Waals surface area contributed by atoms with Crippen LogP contribution in [0.5, 0.6) is 17.2 Å². The Morgan fingerprint density at radius 2 is 1.91 bits per heavy atom. The molecule has 0 atom stereocenters. The third-order valence-electron chi connectivity index (χ3n) is 6.23. The first-order chi connectivity index (χ1) is 16.0. The predicted molar refractivity (Wildman–Crippen MR) is 131 cm³/mol. The number of ketones is 1. The normalized spacial score (nSPS) is 17.3. The number of hydrogen-bond acceptors (Lipinski definition) is 7. The number of aromatic hydroxyl groups is 1. The van der Waals surface area contributed by atoms with Crippen LogP contribution in [-0.4, -0.2) is 49.1 Å². The number of anilines is 1. The first kappa shape index (κ1) is 21.6. The summed E-state index contributed by atoms with van der Waals surface area (Å²) in [4.78, 5) is 18.6. The summed E-state index contributed by atoms with van der Waals surface area (Å²) >= 11 is 1.55. The van der Waals surface area contributed by atoms with Gasteiger partial charge in [-0.15, -0.1) is 11.3 Å². The zero-order valence-corrected chi connectivity index (χ0v) is 19.5. The van der Waals surface area contributed by atoms with E-state index >= 15 is 0 Å². The lowest BCUT2D eigenvalue weighted by Crippen LogP contribution is -2.46. The smallest absolute Gasteiger partial charge is 0.232 e. The molecule has 2 aromatic carbocycles. The number of piperazine rings is 1. The number of aryl methyl sites for hydroxylation is 1. The molecular weight excluding hydrogens is 436 g/mol. The first-order valence-electron chi connectivity index (χ1n) is 11.0. The summed E-state index contributed by atoms with van der Waals surface area (Å²) in [6.45, 7) is 5.82. The molecule has 0 radical (unpaired) electrons. The van der Waals surface area contributed by atoms with Crippen molar-refractivity contribution < 1.29 is 19.4 Å². The summed E-state index contributed by atoms with van der Waals surface area (Å²) in [5, 5.41) is 12.7. The molecule has 33 heavy (non-hydrogen) atoms. The number of hydrogen-bond donors (Lipinski definition) is 1. The van der Waals surface area contributed by atoms with E-state index in [4.69, 9.17) is 9.47 Å². The van der Waals surface area contributed by atoms with Crippen molar-refractivity contribution in [3.63, 3.8) is 0 Å². The quantitative estimate of drug-likeness (QED) is 0.554. The van der Waals surface area contributed by atoms with E-state index in [-0.39, 0.29) is 11.5 Å². The molecule has 7 heteroatoms. The van der Waals surface area contributed by atoms with Crippen LogP contribution in [0.3, 0.4) is 0 Å². The van der Waals surface area contributed by atoms with Gasteiger partial charge >= 0.3 is 0 Å². The Labute approximate surface area is 197 Å². The fourth-order valence-corrected chi connectivity index (χ4v) is 5.06. The standard InChI is InChI=1S/C26H26N2O4S/c1-17-14-22(29)21(26-24(17)25(30)23(32-26)15-20-4-3-13-33-20)16-27-9-11-28(12-10-27)18-5-7-19(31-2)8-6-18/h3-8,13-15,29H,9-12,16H2,1-2H3/b23-15-. The highest BCUT2D eigenvalue weighted by atomic mass is 32.1. The van der Waals surface area contributed by atoms with E-state index in [1.807, 2.05) is 36.6 Å². The van der Waals surface area contributed by atoms with Gasteiger partial charge in [0.15, 0.2) is 5.76 Å². The average molecular weight is 463 g/mol. The fourth-order valence-electron chi connectivity index (χ4n) is 4.42. The van der Waals surface area contributed by atoms with E-state index in [1.165, 1.54) is 5.69 Å². The summed E-state index contributed by atoms with van der Waals surface area (Å²) < 4.78 is 11.3. The molecule has 0 spiro atoms. The third-order valence-corrected chi connectivity index (χ3v) is 7.05. The van der Waals surface area contributed by atoms with Crippen LogP contribution in [0.4, 0.5) is 5.69 Å². The number of Topliss-reactive ketones (excluding diaryl/α,β-unsaturated/α-hetero) is 1. The number of methoxy groups -OCH3 is 1. The molecule has 2 aliphatic rings. The Morgan fingerprint density at radius 3 is 2.58 bits per heavy atom. The highest BCUT2D eigenvalue weighted by Gasteiger charge is 2.34. The van der Waals surface area contributed by atoms with Gasteiger partial charge in [0.05, 0.1) is 18.2 Å². The van der Waals surface area contributed by atoms with Gasteiger partial charge in [-0.3, -0.25) is 9.69 Å². The zero-order chi connectivity index (χ0) is 22.9. The maximum Gasteiger partial charge on any atom is 0.232 e.